The van der Waals surface area contributed by atoms with Crippen LogP contribution >= 0.6 is 0 Å². The Kier molecular flexibility index (Phi) is 8.07. The summed E-state index contributed by atoms with van der Waals surface area (Å²) in [5, 5.41) is 6.12. The second kappa shape index (κ2) is 9.57. The molecule has 2 N–H and O–H groups in total. The second-order valence-corrected chi connectivity index (χ2v) is 5.51. The number of amides is 2. The summed E-state index contributed by atoms with van der Waals surface area (Å²) < 4.78 is 4.97. The number of piperidine rings is 1. The van der Waals surface area contributed by atoms with E-state index in [1.165, 1.54) is 0 Å². The van der Waals surface area contributed by atoms with Gasteiger partial charge in [-0.15, -0.1) is 0 Å². The van der Waals surface area contributed by atoms with Crippen LogP contribution in [0.5, 0.6) is 0 Å². The van der Waals surface area contributed by atoms with Crippen LogP contribution in [0.4, 0.5) is 4.79 Å². The quantitative estimate of drug-likeness (QED) is 0.641. The normalized spacial score (nSPS) is 16.1. The Morgan fingerprint density at radius 1 is 1.29 bits per heavy atom. The Balaban J connectivity index is 2.14. The van der Waals surface area contributed by atoms with E-state index in [2.05, 4.69) is 15.5 Å². The maximum absolute atomic E-state index is 11.8. The lowest BCUT2D eigenvalue weighted by atomic mass is 10.1. The number of hydrogen-bond donors (Lipinski definition) is 2. The predicted molar refractivity (Wildman–Crippen MR) is 81.2 cm³/mol. The molecule has 0 spiro atoms. The van der Waals surface area contributed by atoms with E-state index >= 15 is 0 Å². The van der Waals surface area contributed by atoms with Gasteiger partial charge in [-0.1, -0.05) is 0 Å². The molecular weight excluding hydrogens is 272 g/mol. The Labute approximate surface area is 127 Å². The number of carbonyl (C=O) groups excluding carboxylic acids is 2. The summed E-state index contributed by atoms with van der Waals surface area (Å²) >= 11 is 0. The SMILES string of the molecule is CCOC(=O)N1CCC(NC(=O)CNCCN(C)C)CC1. The van der Waals surface area contributed by atoms with Crippen LogP contribution in [0.25, 0.3) is 0 Å². The van der Waals surface area contributed by atoms with Gasteiger partial charge in [0.2, 0.25) is 5.91 Å². The highest BCUT2D eigenvalue weighted by Gasteiger charge is 2.24. The van der Waals surface area contributed by atoms with Gasteiger partial charge in [-0.25, -0.2) is 4.79 Å². The van der Waals surface area contributed by atoms with Gasteiger partial charge in [0, 0.05) is 32.2 Å². The molecule has 0 aromatic carbocycles. The van der Waals surface area contributed by atoms with Crippen molar-refractivity contribution in [2.75, 3.05) is 53.4 Å². The molecule has 122 valence electrons. The van der Waals surface area contributed by atoms with Gasteiger partial charge in [0.1, 0.15) is 0 Å². The van der Waals surface area contributed by atoms with Gasteiger partial charge in [-0.3, -0.25) is 4.79 Å². The van der Waals surface area contributed by atoms with Crippen molar-refractivity contribution < 1.29 is 14.3 Å². The molecule has 1 saturated heterocycles. The van der Waals surface area contributed by atoms with Crippen LogP contribution in [-0.4, -0.2) is 81.3 Å². The fraction of sp³-hybridized carbons (Fsp3) is 0.857. The van der Waals surface area contributed by atoms with E-state index in [0.717, 1.165) is 25.9 Å². The number of likely N-dealkylation sites (tertiary alicyclic amines) is 1. The molecule has 0 aliphatic carbocycles. The molecule has 0 atom stereocenters. The number of rotatable bonds is 7. The van der Waals surface area contributed by atoms with Gasteiger partial charge in [0.15, 0.2) is 0 Å². The lowest BCUT2D eigenvalue weighted by molar-refractivity contribution is -0.121. The minimum absolute atomic E-state index is 0.0170. The third-order valence-electron chi connectivity index (χ3n) is 3.41. The molecular formula is C14H28N4O3. The Hall–Kier alpha value is -1.34. The van der Waals surface area contributed by atoms with Crippen LogP contribution < -0.4 is 10.6 Å². The zero-order valence-corrected chi connectivity index (χ0v) is 13.4. The molecule has 0 aromatic heterocycles. The topological polar surface area (TPSA) is 73.9 Å². The van der Waals surface area contributed by atoms with Crippen molar-refractivity contribution in [1.29, 1.82) is 0 Å². The first-order valence-corrected chi connectivity index (χ1v) is 7.59. The molecule has 1 rings (SSSR count). The monoisotopic (exact) mass is 300 g/mol. The first-order valence-electron chi connectivity index (χ1n) is 7.59. The van der Waals surface area contributed by atoms with Crippen molar-refractivity contribution in [3.63, 3.8) is 0 Å². The van der Waals surface area contributed by atoms with E-state index in [9.17, 15) is 9.59 Å². The average Bonchev–Trinajstić information content (AvgIpc) is 2.44. The molecule has 21 heavy (non-hydrogen) atoms. The van der Waals surface area contributed by atoms with Gasteiger partial charge in [0.05, 0.1) is 13.2 Å². The molecule has 7 nitrogen and oxygen atoms in total. The van der Waals surface area contributed by atoms with E-state index in [1.807, 2.05) is 14.1 Å². The zero-order valence-electron chi connectivity index (χ0n) is 13.4. The highest BCUT2D eigenvalue weighted by Crippen LogP contribution is 2.11. The molecule has 0 bridgehead atoms. The molecule has 1 aliphatic rings. The molecule has 7 heteroatoms. The first kappa shape index (κ1) is 17.7. The summed E-state index contributed by atoms with van der Waals surface area (Å²) in [5.41, 5.74) is 0. The minimum Gasteiger partial charge on any atom is -0.450 e. The number of likely N-dealkylation sites (N-methyl/N-ethyl adjacent to an activating group) is 1. The van der Waals surface area contributed by atoms with Crippen molar-refractivity contribution in [2.45, 2.75) is 25.8 Å². The number of nitrogens with zero attached hydrogens (tertiary/aromatic N) is 2. The third kappa shape index (κ3) is 7.29. The van der Waals surface area contributed by atoms with Gasteiger partial charge >= 0.3 is 6.09 Å². The highest BCUT2D eigenvalue weighted by atomic mass is 16.6. The van der Waals surface area contributed by atoms with Crippen LogP contribution in [0.15, 0.2) is 0 Å². The van der Waals surface area contributed by atoms with Crippen molar-refractivity contribution in [2.24, 2.45) is 0 Å². The van der Waals surface area contributed by atoms with Crippen molar-refractivity contribution in [1.82, 2.24) is 20.4 Å². The van der Waals surface area contributed by atoms with E-state index < -0.39 is 0 Å². The largest absolute Gasteiger partial charge is 0.450 e. The smallest absolute Gasteiger partial charge is 0.409 e. The molecule has 0 aromatic rings. The average molecular weight is 300 g/mol. The summed E-state index contributed by atoms with van der Waals surface area (Å²) in [4.78, 5) is 27.1. The summed E-state index contributed by atoms with van der Waals surface area (Å²) in [6, 6.07) is 0.152. The van der Waals surface area contributed by atoms with Crippen LogP contribution in [0, 0.1) is 0 Å². The fourth-order valence-electron chi connectivity index (χ4n) is 2.20. The van der Waals surface area contributed by atoms with Crippen molar-refractivity contribution in [3.05, 3.63) is 0 Å². The van der Waals surface area contributed by atoms with Crippen LogP contribution in [0.3, 0.4) is 0 Å². The van der Waals surface area contributed by atoms with Crippen LogP contribution in [0.1, 0.15) is 19.8 Å². The lowest BCUT2D eigenvalue weighted by Gasteiger charge is -2.31. The summed E-state index contributed by atoms with van der Waals surface area (Å²) in [6.45, 7) is 5.51. The molecule has 0 saturated carbocycles. The molecule has 1 fully saturated rings. The molecule has 1 aliphatic heterocycles. The van der Waals surface area contributed by atoms with E-state index in [-0.39, 0.29) is 18.0 Å². The van der Waals surface area contributed by atoms with Crippen LogP contribution in [-0.2, 0) is 9.53 Å². The zero-order chi connectivity index (χ0) is 15.7. The second-order valence-electron chi connectivity index (χ2n) is 5.51. The van der Waals surface area contributed by atoms with E-state index in [1.54, 1.807) is 11.8 Å². The molecule has 0 radical (unpaired) electrons. The molecule has 2 amide bonds. The van der Waals surface area contributed by atoms with Gasteiger partial charge in [-0.2, -0.15) is 0 Å². The summed E-state index contributed by atoms with van der Waals surface area (Å²) in [6.07, 6.45) is 1.30. The van der Waals surface area contributed by atoms with E-state index in [4.69, 9.17) is 4.74 Å². The van der Waals surface area contributed by atoms with Gasteiger partial charge < -0.3 is 25.2 Å². The predicted octanol–water partition coefficient (Wildman–Crippen LogP) is -0.125. The lowest BCUT2D eigenvalue weighted by Crippen LogP contribution is -2.48. The van der Waals surface area contributed by atoms with E-state index in [0.29, 0.717) is 26.2 Å². The molecule has 0 unspecified atom stereocenters. The maximum atomic E-state index is 11.8. The Morgan fingerprint density at radius 3 is 2.52 bits per heavy atom. The van der Waals surface area contributed by atoms with Gasteiger partial charge in [0.25, 0.3) is 0 Å². The number of hydrogen-bond acceptors (Lipinski definition) is 5. The first-order chi connectivity index (χ1) is 10.0. The van der Waals surface area contributed by atoms with Crippen molar-refractivity contribution >= 4 is 12.0 Å². The summed E-state index contributed by atoms with van der Waals surface area (Å²) in [5.74, 6) is 0.0170. The van der Waals surface area contributed by atoms with Gasteiger partial charge in [-0.05, 0) is 33.9 Å². The van der Waals surface area contributed by atoms with Crippen molar-refractivity contribution in [3.8, 4) is 0 Å². The summed E-state index contributed by atoms with van der Waals surface area (Å²) in [7, 11) is 4.00. The Morgan fingerprint density at radius 2 is 1.95 bits per heavy atom. The van der Waals surface area contributed by atoms with Crippen LogP contribution in [0.2, 0.25) is 0 Å². The maximum Gasteiger partial charge on any atom is 0.409 e. The Bertz CT molecular complexity index is 328. The molecule has 1 heterocycles. The third-order valence-corrected chi connectivity index (χ3v) is 3.41. The highest BCUT2D eigenvalue weighted by molar-refractivity contribution is 5.78. The fourth-order valence-corrected chi connectivity index (χ4v) is 2.20. The number of ether oxygens (including phenoxy) is 1. The number of nitrogens with one attached hydrogen (secondary N) is 2. The number of carbonyl (C=O) groups is 2. The standard InChI is InChI=1S/C14H28N4O3/c1-4-21-14(20)18-8-5-12(6-9-18)16-13(19)11-15-7-10-17(2)3/h12,15H,4-11H2,1-3H3,(H,16,19). The minimum atomic E-state index is -0.257.